The molecule has 0 amide bonds. The van der Waals surface area contributed by atoms with Crippen LogP contribution in [0.4, 0.5) is 5.69 Å². The Kier molecular flexibility index (Phi) is 7.21. The van der Waals surface area contributed by atoms with E-state index in [9.17, 15) is 8.42 Å². The first-order valence-corrected chi connectivity index (χ1v) is 11.8. The molecule has 3 rings (SSSR count). The number of methoxy groups -OCH3 is 1. The fraction of sp³-hybridized carbons (Fsp3) is 0.429. The number of ether oxygens (including phenoxy) is 2. The molecule has 0 spiro atoms. The lowest BCUT2D eigenvalue weighted by molar-refractivity contribution is 0.0925. The van der Waals surface area contributed by atoms with E-state index < -0.39 is 10.0 Å². The van der Waals surface area contributed by atoms with Crippen molar-refractivity contribution in [2.45, 2.75) is 30.4 Å². The van der Waals surface area contributed by atoms with Crippen LogP contribution in [0.15, 0.2) is 51.8 Å². The molecule has 8 heteroatoms. The van der Waals surface area contributed by atoms with Crippen LogP contribution < -0.4 is 9.64 Å². The van der Waals surface area contributed by atoms with E-state index in [1.807, 2.05) is 43.3 Å². The third-order valence-corrected chi connectivity index (χ3v) is 7.31. The second-order valence-corrected chi connectivity index (χ2v) is 10.1. The summed E-state index contributed by atoms with van der Waals surface area (Å²) in [6.07, 6.45) is 1.72. The first-order valence-electron chi connectivity index (χ1n) is 9.53. The quantitative estimate of drug-likeness (QED) is 0.570. The number of rotatable bonds is 8. The molecule has 1 unspecified atom stereocenters. The van der Waals surface area contributed by atoms with Gasteiger partial charge in [-0.1, -0.05) is 28.1 Å². The average molecular weight is 483 g/mol. The third-order valence-electron chi connectivity index (χ3n) is 4.99. The van der Waals surface area contributed by atoms with Crippen LogP contribution in [0.1, 0.15) is 18.4 Å². The van der Waals surface area contributed by atoms with E-state index in [4.69, 9.17) is 9.47 Å². The van der Waals surface area contributed by atoms with Crippen molar-refractivity contribution < 1.29 is 17.9 Å². The number of nitrogens with zero attached hydrogens (tertiary/aromatic N) is 2. The third kappa shape index (κ3) is 5.31. The summed E-state index contributed by atoms with van der Waals surface area (Å²) in [7, 11) is 1.64. The largest absolute Gasteiger partial charge is 0.495 e. The highest BCUT2D eigenvalue weighted by atomic mass is 79.9. The number of benzene rings is 2. The Labute approximate surface area is 181 Å². The summed E-state index contributed by atoms with van der Waals surface area (Å²) in [5.74, 6) is 0.327. The molecule has 1 fully saturated rings. The topological polar surface area (TPSA) is 59.1 Å². The zero-order valence-corrected chi connectivity index (χ0v) is 19.4. The predicted molar refractivity (Wildman–Crippen MR) is 118 cm³/mol. The fourth-order valence-electron chi connectivity index (χ4n) is 3.36. The minimum atomic E-state index is -3.79. The second kappa shape index (κ2) is 9.47. The molecule has 0 N–H and O–H groups in total. The van der Waals surface area contributed by atoms with Gasteiger partial charge in [0.15, 0.2) is 0 Å². The van der Waals surface area contributed by atoms with Gasteiger partial charge in [0.1, 0.15) is 10.6 Å². The van der Waals surface area contributed by atoms with Crippen LogP contribution in [0.3, 0.4) is 0 Å². The standard InChI is InChI=1S/C21H27BrN2O4S/c1-23(2)18-9-6-16(7-10-18)14-24(15-19-5-4-12-28-19)29(25,26)21-13-17(22)8-11-20(21)27-3/h6-11,13,19H,4-5,12,14-15H2,1-3H3. The Morgan fingerprint density at radius 1 is 1.17 bits per heavy atom. The number of halogens is 1. The molecule has 158 valence electrons. The smallest absolute Gasteiger partial charge is 0.247 e. The van der Waals surface area contributed by atoms with Crippen molar-refractivity contribution in [3.8, 4) is 5.75 Å². The maximum atomic E-state index is 13.6. The van der Waals surface area contributed by atoms with E-state index in [-0.39, 0.29) is 17.5 Å². The summed E-state index contributed by atoms with van der Waals surface area (Å²) < 4.78 is 40.4. The van der Waals surface area contributed by atoms with Crippen molar-refractivity contribution in [3.05, 3.63) is 52.5 Å². The molecular weight excluding hydrogens is 456 g/mol. The van der Waals surface area contributed by atoms with E-state index in [2.05, 4.69) is 15.9 Å². The van der Waals surface area contributed by atoms with E-state index >= 15 is 0 Å². The van der Waals surface area contributed by atoms with Gasteiger partial charge in [-0.05, 0) is 48.7 Å². The zero-order valence-electron chi connectivity index (χ0n) is 17.0. The van der Waals surface area contributed by atoms with Crippen molar-refractivity contribution in [1.29, 1.82) is 0 Å². The number of hydrogen-bond donors (Lipinski definition) is 0. The molecule has 0 radical (unpaired) electrons. The van der Waals surface area contributed by atoms with Crippen molar-refractivity contribution in [1.82, 2.24) is 4.31 Å². The molecule has 2 aromatic carbocycles. The summed E-state index contributed by atoms with van der Waals surface area (Å²) in [6.45, 7) is 1.26. The Morgan fingerprint density at radius 2 is 1.90 bits per heavy atom. The molecule has 2 aromatic rings. The highest BCUT2D eigenvalue weighted by Gasteiger charge is 2.31. The van der Waals surface area contributed by atoms with Gasteiger partial charge >= 0.3 is 0 Å². The van der Waals surface area contributed by atoms with Gasteiger partial charge in [0.05, 0.1) is 13.2 Å². The normalized spacial score (nSPS) is 16.9. The number of anilines is 1. The first kappa shape index (κ1) is 22.1. The van der Waals surface area contributed by atoms with Crippen molar-refractivity contribution >= 4 is 31.6 Å². The predicted octanol–water partition coefficient (Wildman–Crippen LogP) is 3.89. The lowest BCUT2D eigenvalue weighted by atomic mass is 10.2. The summed E-state index contributed by atoms with van der Waals surface area (Å²) in [6, 6.07) is 12.9. The van der Waals surface area contributed by atoms with Gasteiger partial charge in [0.2, 0.25) is 10.0 Å². The molecule has 1 heterocycles. The Balaban J connectivity index is 1.94. The molecular formula is C21H27BrN2O4S. The van der Waals surface area contributed by atoms with Crippen LogP contribution in [0.5, 0.6) is 5.75 Å². The Bertz CT molecular complexity index is 926. The van der Waals surface area contributed by atoms with Crippen LogP contribution in [0, 0.1) is 0 Å². The lowest BCUT2D eigenvalue weighted by Gasteiger charge is -2.26. The molecule has 6 nitrogen and oxygen atoms in total. The van der Waals surface area contributed by atoms with Crippen LogP contribution in [-0.2, 0) is 21.3 Å². The fourth-order valence-corrected chi connectivity index (χ4v) is 5.51. The monoisotopic (exact) mass is 482 g/mol. The molecule has 1 aliphatic rings. The molecule has 0 saturated carbocycles. The van der Waals surface area contributed by atoms with E-state index in [1.165, 1.54) is 11.4 Å². The van der Waals surface area contributed by atoms with Crippen molar-refractivity contribution in [2.24, 2.45) is 0 Å². The molecule has 0 aliphatic carbocycles. The Hall–Kier alpha value is -1.61. The van der Waals surface area contributed by atoms with Crippen LogP contribution in [-0.4, -0.2) is 53.2 Å². The average Bonchev–Trinajstić information content (AvgIpc) is 3.21. The second-order valence-electron chi connectivity index (χ2n) is 7.29. The first-order chi connectivity index (χ1) is 13.8. The summed E-state index contributed by atoms with van der Waals surface area (Å²) >= 11 is 3.38. The highest BCUT2D eigenvalue weighted by molar-refractivity contribution is 9.10. The van der Waals surface area contributed by atoms with Crippen LogP contribution in [0.25, 0.3) is 0 Å². The van der Waals surface area contributed by atoms with Crippen LogP contribution in [0.2, 0.25) is 0 Å². The van der Waals surface area contributed by atoms with Crippen LogP contribution >= 0.6 is 15.9 Å². The number of sulfonamides is 1. The van der Waals surface area contributed by atoms with Gasteiger partial charge in [-0.3, -0.25) is 0 Å². The minimum Gasteiger partial charge on any atom is -0.495 e. The molecule has 1 atom stereocenters. The molecule has 1 aliphatic heterocycles. The van der Waals surface area contributed by atoms with Crippen molar-refractivity contribution in [3.63, 3.8) is 0 Å². The van der Waals surface area contributed by atoms with Gasteiger partial charge in [-0.2, -0.15) is 4.31 Å². The van der Waals surface area contributed by atoms with Crippen molar-refractivity contribution in [2.75, 3.05) is 39.3 Å². The maximum absolute atomic E-state index is 13.6. The zero-order chi connectivity index (χ0) is 21.0. The van der Waals surface area contributed by atoms with E-state index in [1.54, 1.807) is 18.2 Å². The molecule has 0 aromatic heterocycles. The Morgan fingerprint density at radius 3 is 2.48 bits per heavy atom. The van der Waals surface area contributed by atoms with Gasteiger partial charge in [0.25, 0.3) is 0 Å². The molecule has 1 saturated heterocycles. The molecule has 29 heavy (non-hydrogen) atoms. The van der Waals surface area contributed by atoms with Gasteiger partial charge < -0.3 is 14.4 Å². The molecule has 0 bridgehead atoms. The maximum Gasteiger partial charge on any atom is 0.247 e. The van der Waals surface area contributed by atoms with E-state index in [0.29, 0.717) is 23.4 Å². The highest BCUT2D eigenvalue weighted by Crippen LogP contribution is 2.31. The number of hydrogen-bond acceptors (Lipinski definition) is 5. The van der Waals surface area contributed by atoms with Gasteiger partial charge in [-0.25, -0.2) is 8.42 Å². The minimum absolute atomic E-state index is 0.0935. The SMILES string of the molecule is COc1ccc(Br)cc1S(=O)(=O)N(Cc1ccc(N(C)C)cc1)CC1CCCO1. The lowest BCUT2D eigenvalue weighted by Crippen LogP contribution is -2.37. The van der Waals surface area contributed by atoms with Gasteiger partial charge in [-0.15, -0.1) is 0 Å². The van der Waals surface area contributed by atoms with E-state index in [0.717, 1.165) is 24.1 Å². The summed E-state index contributed by atoms with van der Waals surface area (Å²) in [4.78, 5) is 2.16. The summed E-state index contributed by atoms with van der Waals surface area (Å²) in [5.41, 5.74) is 1.99. The van der Waals surface area contributed by atoms with Gasteiger partial charge in [0, 0.05) is 44.0 Å². The summed E-state index contributed by atoms with van der Waals surface area (Å²) in [5, 5.41) is 0.